The molecule has 0 bridgehead atoms. The predicted octanol–water partition coefficient (Wildman–Crippen LogP) is 32.7. The van der Waals surface area contributed by atoms with E-state index in [0.29, 0.717) is 0 Å². The molecule has 2 nitrogen and oxygen atoms in total. The zero-order valence-electron chi connectivity index (χ0n) is 70.9. The molecule has 18 aromatic rings. The van der Waals surface area contributed by atoms with Crippen molar-refractivity contribution in [3.05, 3.63) is 476 Å². The predicted molar refractivity (Wildman–Crippen MR) is 530 cm³/mol. The van der Waals surface area contributed by atoms with E-state index in [0.717, 1.165) is 38.6 Å². The van der Waals surface area contributed by atoms with Gasteiger partial charge in [-0.15, -0.1) is 0 Å². The Labute approximate surface area is 754 Å². The molecule has 0 radical (unpaired) electrons. The summed E-state index contributed by atoms with van der Waals surface area (Å²) in [7, 11) is 2.82. The topological polar surface area (TPSA) is 18.5 Å². The summed E-state index contributed by atoms with van der Waals surface area (Å²) in [5.74, 6) is 1.76. The number of methoxy groups -OCH3 is 2. The van der Waals surface area contributed by atoms with Crippen molar-refractivity contribution in [2.24, 2.45) is 0 Å². The van der Waals surface area contributed by atoms with Crippen molar-refractivity contribution >= 4 is 68.0 Å². The van der Waals surface area contributed by atoms with Crippen molar-refractivity contribution in [3.63, 3.8) is 0 Å². The lowest BCUT2D eigenvalue weighted by molar-refractivity contribution is 0.415. The van der Waals surface area contributed by atoms with E-state index in [-0.39, 0.29) is 32.7 Å². The Hall–Kier alpha value is -12.3. The van der Waals surface area contributed by atoms with Crippen LogP contribution in [0.5, 0.6) is 11.5 Å². The molecule has 0 aliphatic heterocycles. The van der Waals surface area contributed by atoms with Crippen molar-refractivity contribution in [1.82, 2.24) is 0 Å². The summed E-state index contributed by atoms with van der Waals surface area (Å²) in [4.78, 5) is 19.3. The summed E-state index contributed by atoms with van der Waals surface area (Å²) in [6, 6.07) is 160. The van der Waals surface area contributed by atoms with Crippen LogP contribution in [0.15, 0.2) is 516 Å². The second-order valence-corrected chi connectivity index (χ2v) is 39.9. The minimum atomic E-state index is -0.285. The van der Waals surface area contributed by atoms with Gasteiger partial charge in [-0.1, -0.05) is 289 Å². The van der Waals surface area contributed by atoms with E-state index in [9.17, 15) is 0 Å². The fraction of sp³-hybridized carbons (Fsp3) is 0.0690. The Kier molecular flexibility index (Phi) is 28.3. The third kappa shape index (κ3) is 21.3. The minimum Gasteiger partial charge on any atom is -0.496 e. The molecule has 18 rings (SSSR count). The van der Waals surface area contributed by atoms with E-state index < -0.39 is 0 Å². The van der Waals surface area contributed by atoms with E-state index in [1.807, 2.05) is 35.7 Å². The van der Waals surface area contributed by atoms with Gasteiger partial charge in [-0.3, -0.25) is 0 Å². The number of benzene rings is 18. The van der Waals surface area contributed by atoms with Crippen molar-refractivity contribution in [3.8, 4) is 78.3 Å². The van der Waals surface area contributed by atoms with E-state index in [4.69, 9.17) is 9.47 Å². The SMILES string of the molecule is COc1cc(Sc2ccc([S+](c3ccccc3)c3ccc(-c4ccccc4)c(OC)c3)cc2)ccc1-c1ccccc1.Cc1cc(-c2ccccc2)ccc1Sc1ccc([S+](c2ccccc2)c2ccc(-c3ccccc3)cc2C)cc1.Cc1cccc(-c2ccc(Sc3ccc([S+](c4ccc(-c5cccc(C)c5)cc4)c4cccc(C)c4)c(C)c3)cc2)c1. The van der Waals surface area contributed by atoms with Gasteiger partial charge in [0, 0.05) is 57.7 Å². The van der Waals surface area contributed by atoms with E-state index in [2.05, 4.69) is 472 Å². The average Bonchev–Trinajstić information content (AvgIpc) is 0.794. The van der Waals surface area contributed by atoms with Crippen LogP contribution in [0.2, 0.25) is 0 Å². The Balaban J connectivity index is 0.000000138. The van der Waals surface area contributed by atoms with Gasteiger partial charge < -0.3 is 9.47 Å². The smallest absolute Gasteiger partial charge is 0.170 e. The molecule has 0 aliphatic carbocycles. The summed E-state index contributed by atoms with van der Waals surface area (Å²) in [5, 5.41) is 0. The normalized spacial score (nSPS) is 11.7. The third-order valence-corrected chi connectivity index (χ3v) is 31.7. The van der Waals surface area contributed by atoms with Crippen LogP contribution >= 0.6 is 35.3 Å². The van der Waals surface area contributed by atoms with Crippen LogP contribution in [0.25, 0.3) is 66.8 Å². The van der Waals surface area contributed by atoms with Gasteiger partial charge >= 0.3 is 0 Å². The number of ether oxygens (including phenoxy) is 2. The highest BCUT2D eigenvalue weighted by molar-refractivity contribution is 8.00. The first-order valence-corrected chi connectivity index (χ1v) is 47.8. The molecule has 124 heavy (non-hydrogen) atoms. The van der Waals surface area contributed by atoms with Crippen LogP contribution in [-0.4, -0.2) is 14.2 Å². The molecule has 0 N–H and O–H groups in total. The molecule has 0 aromatic heterocycles. The van der Waals surface area contributed by atoms with Gasteiger partial charge in [-0.2, -0.15) is 0 Å². The molecule has 18 aromatic carbocycles. The van der Waals surface area contributed by atoms with Crippen LogP contribution in [0, 0.1) is 41.5 Å². The zero-order chi connectivity index (χ0) is 85.1. The van der Waals surface area contributed by atoms with E-state index in [1.165, 1.54) is 146 Å². The maximum Gasteiger partial charge on any atom is 0.170 e. The third-order valence-electron chi connectivity index (χ3n) is 21.5. The summed E-state index contributed by atoms with van der Waals surface area (Å²) in [6.45, 7) is 13.2. The van der Waals surface area contributed by atoms with E-state index in [1.54, 1.807) is 26.0 Å². The van der Waals surface area contributed by atoms with Crippen LogP contribution in [0.4, 0.5) is 0 Å². The van der Waals surface area contributed by atoms with E-state index >= 15 is 0 Å². The highest BCUT2D eigenvalue weighted by Gasteiger charge is 2.34. The molecule has 0 spiro atoms. The van der Waals surface area contributed by atoms with Gasteiger partial charge in [-0.25, -0.2) is 0 Å². The maximum absolute atomic E-state index is 5.89. The highest BCUT2D eigenvalue weighted by Crippen LogP contribution is 2.44. The molecular formula is C116H97O2S6+3. The summed E-state index contributed by atoms with van der Waals surface area (Å²) < 4.78 is 11.7. The van der Waals surface area contributed by atoms with Crippen molar-refractivity contribution in [1.29, 1.82) is 0 Å². The molecule has 0 heterocycles. The first kappa shape index (κ1) is 85.2. The molecule has 0 aliphatic rings. The second-order valence-electron chi connectivity index (χ2n) is 30.5. The van der Waals surface area contributed by atoms with Crippen LogP contribution in [0.1, 0.15) is 33.4 Å². The molecule has 8 heteroatoms. The molecule has 3 unspecified atom stereocenters. The first-order chi connectivity index (χ1) is 60.8. The quantitative estimate of drug-likeness (QED) is 0.0593. The molecule has 0 saturated carbocycles. The highest BCUT2D eigenvalue weighted by atomic mass is 32.2. The first-order valence-electron chi connectivity index (χ1n) is 41.7. The average molecular weight is 1720 g/mol. The molecular weight excluding hydrogens is 1620 g/mol. The Morgan fingerprint density at radius 1 is 0.185 bits per heavy atom. The van der Waals surface area contributed by atoms with Gasteiger partial charge in [-0.05, 0) is 302 Å². The summed E-state index contributed by atoms with van der Waals surface area (Å²) >= 11 is 5.40. The fourth-order valence-electron chi connectivity index (χ4n) is 15.3. The summed E-state index contributed by atoms with van der Waals surface area (Å²) in [5.41, 5.74) is 22.4. The molecule has 0 amide bonds. The Morgan fingerprint density at radius 2 is 0.484 bits per heavy atom. The minimum absolute atomic E-state index is 0.184. The van der Waals surface area contributed by atoms with Gasteiger partial charge in [0.05, 0.1) is 46.9 Å². The summed E-state index contributed by atoms with van der Waals surface area (Å²) in [6.07, 6.45) is 0. The number of hydrogen-bond acceptors (Lipinski definition) is 5. The number of rotatable bonds is 23. The molecule has 0 saturated heterocycles. The van der Waals surface area contributed by atoms with Gasteiger partial charge in [0.2, 0.25) is 0 Å². The van der Waals surface area contributed by atoms with Crippen molar-refractivity contribution in [2.45, 2.75) is 115 Å². The molecule has 3 atom stereocenters. The van der Waals surface area contributed by atoms with Gasteiger partial charge in [0.15, 0.2) is 44.1 Å². The zero-order valence-corrected chi connectivity index (χ0v) is 75.8. The standard InChI is InChI=1S/C40H35S2.C38H31O2S2.C38H31S2/c1-28-8-5-11-34(24-28)32-14-18-36(19-15-32)41-37-20-23-40(31(4)27-37)42(39-13-7-10-30(3)26-39)38-21-16-33(17-22-38)35-12-6-9-29(2)25-35;1-39-37-26-31(20-24-35(37)28-12-6-3-7-13-28)41-30-18-21-33(22-19-30)42(32-16-10-5-11-17-32)34-23-25-36(38(27-34)40-2)29-14-8-4-9-15-29;1-28-26-32(30-12-6-3-7-13-30)18-24-37(28)39-34-20-22-36(23-21-34)40(35-16-10-5-11-17-35)38-25-19-33(27-29(38)2)31-14-8-4-9-15-31/h5-27H,1-4H3;3-27H,1-2H3;3-27H,1-2H3/q3*+1. The Morgan fingerprint density at radius 3 is 0.960 bits per heavy atom. The van der Waals surface area contributed by atoms with Crippen LogP contribution in [0.3, 0.4) is 0 Å². The van der Waals surface area contributed by atoms with Crippen molar-refractivity contribution in [2.75, 3.05) is 14.2 Å². The molecule has 606 valence electrons. The number of aryl methyl sites for hydroxylation is 6. The van der Waals surface area contributed by atoms with Gasteiger partial charge in [0.25, 0.3) is 0 Å². The fourth-order valence-corrected chi connectivity index (χ4v) is 24.5. The maximum atomic E-state index is 5.89. The second kappa shape index (κ2) is 41.2. The largest absolute Gasteiger partial charge is 0.496 e. The van der Waals surface area contributed by atoms with Gasteiger partial charge in [0.1, 0.15) is 11.5 Å². The number of hydrogen-bond donors (Lipinski definition) is 0. The van der Waals surface area contributed by atoms with Crippen molar-refractivity contribution < 1.29 is 9.47 Å². The molecule has 0 fully saturated rings. The monoisotopic (exact) mass is 1710 g/mol. The lowest BCUT2D eigenvalue weighted by atomic mass is 10.0. The van der Waals surface area contributed by atoms with Crippen LogP contribution < -0.4 is 9.47 Å². The van der Waals surface area contributed by atoms with Crippen LogP contribution in [-0.2, 0) is 32.7 Å². The lowest BCUT2D eigenvalue weighted by Crippen LogP contribution is -2.07. The lowest BCUT2D eigenvalue weighted by Gasteiger charge is -2.13. The Bertz CT molecular complexity index is 6570.